The Balaban J connectivity index is 2.25. The van der Waals surface area contributed by atoms with Crippen LogP contribution in [0.15, 0.2) is 36.7 Å². The van der Waals surface area contributed by atoms with Crippen LogP contribution in [0.2, 0.25) is 10.0 Å². The third kappa shape index (κ3) is 3.52. The molecule has 0 aliphatic rings. The first kappa shape index (κ1) is 18.2. The first-order valence-corrected chi connectivity index (χ1v) is 8.42. The molecule has 3 aromatic rings. The van der Waals surface area contributed by atoms with E-state index in [2.05, 4.69) is 20.0 Å². The van der Waals surface area contributed by atoms with Gasteiger partial charge in [-0.05, 0) is 24.3 Å². The summed E-state index contributed by atoms with van der Waals surface area (Å²) >= 11 is 12.3. The average Bonchev–Trinajstić information content (AvgIpc) is 2.59. The van der Waals surface area contributed by atoms with Gasteiger partial charge in [0.05, 0.1) is 35.9 Å². The molecular formula is C18H16Cl2N4O2. The standard InChI is InChI=1S/C18H16Cl2N4O2/c1-24(2)17-13-4-5-21-15(10-6-11(19)8-12(20)7-10)16(13)22-9-14(17)23-18(25)26-3/h4-9H,1-3H3,(H,23,25). The van der Waals surface area contributed by atoms with Crippen LogP contribution in [-0.2, 0) is 4.74 Å². The van der Waals surface area contributed by atoms with Crippen molar-refractivity contribution in [3.63, 3.8) is 0 Å². The number of fused-ring (bicyclic) bond motifs is 1. The van der Waals surface area contributed by atoms with E-state index in [0.29, 0.717) is 26.9 Å². The van der Waals surface area contributed by atoms with E-state index in [1.807, 2.05) is 25.1 Å². The average molecular weight is 391 g/mol. The van der Waals surface area contributed by atoms with Crippen LogP contribution in [0.3, 0.4) is 0 Å². The molecule has 0 fully saturated rings. The molecule has 1 aromatic carbocycles. The zero-order valence-corrected chi connectivity index (χ0v) is 15.9. The third-order valence-electron chi connectivity index (χ3n) is 3.76. The molecule has 0 aliphatic carbocycles. The number of aromatic nitrogens is 2. The lowest BCUT2D eigenvalue weighted by Crippen LogP contribution is -2.17. The third-order valence-corrected chi connectivity index (χ3v) is 4.20. The fourth-order valence-electron chi connectivity index (χ4n) is 2.75. The highest BCUT2D eigenvalue weighted by Crippen LogP contribution is 2.36. The molecule has 0 radical (unpaired) electrons. The van der Waals surface area contributed by atoms with Gasteiger partial charge in [-0.1, -0.05) is 23.2 Å². The Kier molecular flexibility index (Phi) is 5.15. The Morgan fingerprint density at radius 1 is 1.15 bits per heavy atom. The molecule has 1 N–H and O–H groups in total. The Morgan fingerprint density at radius 2 is 1.85 bits per heavy atom. The van der Waals surface area contributed by atoms with E-state index < -0.39 is 6.09 Å². The predicted molar refractivity (Wildman–Crippen MR) is 105 cm³/mol. The topological polar surface area (TPSA) is 67.3 Å². The summed E-state index contributed by atoms with van der Waals surface area (Å²) in [6.07, 6.45) is 2.69. The number of ether oxygens (including phenoxy) is 1. The summed E-state index contributed by atoms with van der Waals surface area (Å²) < 4.78 is 4.68. The molecule has 134 valence electrons. The molecule has 0 bridgehead atoms. The fourth-order valence-corrected chi connectivity index (χ4v) is 3.27. The molecule has 1 amide bonds. The largest absolute Gasteiger partial charge is 0.453 e. The number of carbonyl (C=O) groups excluding carboxylic acids is 1. The van der Waals surface area contributed by atoms with Gasteiger partial charge in [-0.15, -0.1) is 0 Å². The van der Waals surface area contributed by atoms with Crippen molar-refractivity contribution in [2.45, 2.75) is 0 Å². The Labute approximate surface area is 160 Å². The van der Waals surface area contributed by atoms with Crippen molar-refractivity contribution < 1.29 is 9.53 Å². The number of methoxy groups -OCH3 is 1. The number of benzene rings is 1. The van der Waals surface area contributed by atoms with Crippen molar-refractivity contribution in [1.29, 1.82) is 0 Å². The van der Waals surface area contributed by atoms with Gasteiger partial charge >= 0.3 is 6.09 Å². The summed E-state index contributed by atoms with van der Waals surface area (Å²) in [5, 5.41) is 4.54. The van der Waals surface area contributed by atoms with Crippen molar-refractivity contribution >= 4 is 51.6 Å². The van der Waals surface area contributed by atoms with Gasteiger partial charge in [0.15, 0.2) is 0 Å². The first-order valence-electron chi connectivity index (χ1n) is 7.67. The molecule has 3 rings (SSSR count). The van der Waals surface area contributed by atoms with E-state index in [-0.39, 0.29) is 0 Å². The van der Waals surface area contributed by atoms with Gasteiger partial charge in [0.2, 0.25) is 0 Å². The SMILES string of the molecule is COC(=O)Nc1cnc2c(-c3cc(Cl)cc(Cl)c3)nccc2c1N(C)C. The maximum Gasteiger partial charge on any atom is 0.411 e. The van der Waals surface area contributed by atoms with Gasteiger partial charge in [0, 0.05) is 41.3 Å². The second kappa shape index (κ2) is 7.35. The second-order valence-corrected chi connectivity index (χ2v) is 6.62. The lowest BCUT2D eigenvalue weighted by atomic mass is 10.1. The van der Waals surface area contributed by atoms with Crippen LogP contribution in [0, 0.1) is 0 Å². The van der Waals surface area contributed by atoms with E-state index in [9.17, 15) is 4.79 Å². The van der Waals surface area contributed by atoms with Crippen molar-refractivity contribution in [2.24, 2.45) is 0 Å². The molecule has 6 nitrogen and oxygen atoms in total. The van der Waals surface area contributed by atoms with Crippen molar-refractivity contribution in [3.8, 4) is 11.3 Å². The zero-order valence-electron chi connectivity index (χ0n) is 14.4. The molecule has 0 unspecified atom stereocenters. The number of nitrogens with zero attached hydrogens (tertiary/aromatic N) is 3. The maximum absolute atomic E-state index is 11.6. The number of amides is 1. The minimum Gasteiger partial charge on any atom is -0.453 e. The van der Waals surface area contributed by atoms with Gasteiger partial charge in [-0.3, -0.25) is 15.3 Å². The van der Waals surface area contributed by atoms with E-state index >= 15 is 0 Å². The zero-order chi connectivity index (χ0) is 18.8. The molecule has 0 aliphatic heterocycles. The summed E-state index contributed by atoms with van der Waals surface area (Å²) in [6, 6.07) is 7.07. The number of rotatable bonds is 3. The number of anilines is 2. The van der Waals surface area contributed by atoms with Crippen LogP contribution in [0.25, 0.3) is 22.2 Å². The molecular weight excluding hydrogens is 375 g/mol. The van der Waals surface area contributed by atoms with Gasteiger partial charge in [0.25, 0.3) is 0 Å². The highest BCUT2D eigenvalue weighted by molar-refractivity contribution is 6.35. The molecule has 26 heavy (non-hydrogen) atoms. The van der Waals surface area contributed by atoms with E-state index in [1.165, 1.54) is 7.11 Å². The lowest BCUT2D eigenvalue weighted by Gasteiger charge is -2.20. The highest BCUT2D eigenvalue weighted by atomic mass is 35.5. The van der Waals surface area contributed by atoms with E-state index in [4.69, 9.17) is 23.2 Å². The highest BCUT2D eigenvalue weighted by Gasteiger charge is 2.17. The van der Waals surface area contributed by atoms with Gasteiger partial charge in [-0.2, -0.15) is 0 Å². The summed E-state index contributed by atoms with van der Waals surface area (Å²) in [5.41, 5.74) is 3.41. The smallest absolute Gasteiger partial charge is 0.411 e. The van der Waals surface area contributed by atoms with Crippen LogP contribution in [0.4, 0.5) is 16.2 Å². The van der Waals surface area contributed by atoms with Crippen molar-refractivity contribution in [1.82, 2.24) is 9.97 Å². The Morgan fingerprint density at radius 3 is 2.46 bits per heavy atom. The van der Waals surface area contributed by atoms with Crippen LogP contribution >= 0.6 is 23.2 Å². The summed E-state index contributed by atoms with van der Waals surface area (Å²) in [4.78, 5) is 22.5. The van der Waals surface area contributed by atoms with Crippen molar-refractivity contribution in [2.75, 3.05) is 31.4 Å². The minimum atomic E-state index is -0.565. The van der Waals surface area contributed by atoms with E-state index in [1.54, 1.807) is 30.6 Å². The molecule has 0 saturated carbocycles. The fraction of sp³-hybridized carbons (Fsp3) is 0.167. The van der Waals surface area contributed by atoms with Crippen LogP contribution in [0.5, 0.6) is 0 Å². The maximum atomic E-state index is 11.6. The molecule has 2 aromatic heterocycles. The summed E-state index contributed by atoms with van der Waals surface area (Å²) in [5.74, 6) is 0. The first-order chi connectivity index (χ1) is 12.4. The second-order valence-electron chi connectivity index (χ2n) is 5.75. The number of hydrogen-bond acceptors (Lipinski definition) is 5. The van der Waals surface area contributed by atoms with Crippen LogP contribution in [-0.4, -0.2) is 37.3 Å². The molecule has 2 heterocycles. The number of nitrogens with one attached hydrogen (secondary N) is 1. The predicted octanol–water partition coefficient (Wildman–Crippen LogP) is 4.85. The quantitative estimate of drug-likeness (QED) is 0.692. The van der Waals surface area contributed by atoms with Gasteiger partial charge in [0.1, 0.15) is 0 Å². The van der Waals surface area contributed by atoms with Crippen molar-refractivity contribution in [3.05, 3.63) is 46.7 Å². The summed E-state index contributed by atoms with van der Waals surface area (Å²) in [7, 11) is 5.07. The van der Waals surface area contributed by atoms with Crippen LogP contribution in [0.1, 0.15) is 0 Å². The molecule has 0 saturated heterocycles. The normalized spacial score (nSPS) is 10.7. The van der Waals surface area contributed by atoms with E-state index in [0.717, 1.165) is 16.6 Å². The molecule has 0 atom stereocenters. The molecule has 0 spiro atoms. The monoisotopic (exact) mass is 390 g/mol. The van der Waals surface area contributed by atoms with Crippen LogP contribution < -0.4 is 10.2 Å². The number of halogens is 2. The number of pyridine rings is 2. The van der Waals surface area contributed by atoms with Gasteiger partial charge in [-0.25, -0.2) is 4.79 Å². The Hall–Kier alpha value is -2.57. The Bertz CT molecular complexity index is 972. The number of carbonyl (C=O) groups is 1. The number of hydrogen-bond donors (Lipinski definition) is 1. The lowest BCUT2D eigenvalue weighted by molar-refractivity contribution is 0.187. The summed E-state index contributed by atoms with van der Waals surface area (Å²) in [6.45, 7) is 0. The van der Waals surface area contributed by atoms with Gasteiger partial charge < -0.3 is 9.64 Å². The minimum absolute atomic E-state index is 0.517. The molecule has 8 heteroatoms.